The summed E-state index contributed by atoms with van der Waals surface area (Å²) in [6.07, 6.45) is 2.72. The van der Waals surface area contributed by atoms with Crippen molar-refractivity contribution in [2.45, 2.75) is 38.1 Å². The Bertz CT molecular complexity index is 369. The SMILES string of the molecule is CCCc1cc(SCC(=O)O)nc(CC)n1. The highest BCUT2D eigenvalue weighted by Crippen LogP contribution is 2.17. The Hall–Kier alpha value is -1.10. The molecular weight excluding hydrogens is 224 g/mol. The highest BCUT2D eigenvalue weighted by molar-refractivity contribution is 7.99. The van der Waals surface area contributed by atoms with E-state index in [-0.39, 0.29) is 5.75 Å². The first-order valence-electron chi connectivity index (χ1n) is 5.37. The molecule has 0 aliphatic heterocycles. The Balaban J connectivity index is 2.81. The molecule has 4 nitrogen and oxygen atoms in total. The Morgan fingerprint density at radius 1 is 1.44 bits per heavy atom. The summed E-state index contributed by atoms with van der Waals surface area (Å²) in [5, 5.41) is 9.37. The Labute approximate surface area is 99.5 Å². The maximum atomic E-state index is 10.5. The normalized spacial score (nSPS) is 10.4. The zero-order chi connectivity index (χ0) is 12.0. The van der Waals surface area contributed by atoms with Crippen LogP contribution in [0.2, 0.25) is 0 Å². The van der Waals surface area contributed by atoms with Gasteiger partial charge in [0.15, 0.2) is 0 Å². The Morgan fingerprint density at radius 2 is 2.19 bits per heavy atom. The third-order valence-corrected chi connectivity index (χ3v) is 2.86. The molecular formula is C11H16N2O2S. The predicted molar refractivity (Wildman–Crippen MR) is 63.8 cm³/mol. The number of aryl methyl sites for hydroxylation is 2. The maximum Gasteiger partial charge on any atom is 0.313 e. The van der Waals surface area contributed by atoms with Gasteiger partial charge >= 0.3 is 5.97 Å². The highest BCUT2D eigenvalue weighted by atomic mass is 32.2. The van der Waals surface area contributed by atoms with Crippen LogP contribution in [0.5, 0.6) is 0 Å². The topological polar surface area (TPSA) is 63.1 Å². The van der Waals surface area contributed by atoms with Crippen LogP contribution in [0.15, 0.2) is 11.1 Å². The van der Waals surface area contributed by atoms with Crippen molar-refractivity contribution in [3.8, 4) is 0 Å². The Kier molecular flexibility index (Phi) is 5.25. The highest BCUT2D eigenvalue weighted by Gasteiger charge is 2.05. The molecule has 0 aliphatic carbocycles. The fourth-order valence-electron chi connectivity index (χ4n) is 1.28. The molecule has 5 heteroatoms. The van der Waals surface area contributed by atoms with Gasteiger partial charge in [-0.15, -0.1) is 0 Å². The lowest BCUT2D eigenvalue weighted by atomic mass is 10.2. The van der Waals surface area contributed by atoms with E-state index in [0.717, 1.165) is 35.8 Å². The summed E-state index contributed by atoms with van der Waals surface area (Å²) in [7, 11) is 0. The first-order valence-corrected chi connectivity index (χ1v) is 6.35. The second kappa shape index (κ2) is 6.48. The molecule has 0 spiro atoms. The van der Waals surface area contributed by atoms with Crippen molar-refractivity contribution in [1.82, 2.24) is 9.97 Å². The van der Waals surface area contributed by atoms with Crippen molar-refractivity contribution in [1.29, 1.82) is 0 Å². The van der Waals surface area contributed by atoms with E-state index in [0.29, 0.717) is 0 Å². The fourth-order valence-corrected chi connectivity index (χ4v) is 1.94. The number of aliphatic carboxylic acids is 1. The number of thioether (sulfide) groups is 1. The van der Waals surface area contributed by atoms with E-state index < -0.39 is 5.97 Å². The number of hydrogen-bond acceptors (Lipinski definition) is 4. The second-order valence-corrected chi connectivity index (χ2v) is 4.40. The smallest absolute Gasteiger partial charge is 0.313 e. The molecule has 1 aromatic heterocycles. The summed E-state index contributed by atoms with van der Waals surface area (Å²) in [5.74, 6) is 0.0173. The van der Waals surface area contributed by atoms with E-state index in [1.165, 1.54) is 11.8 Å². The van der Waals surface area contributed by atoms with Gasteiger partial charge in [-0.25, -0.2) is 9.97 Å². The zero-order valence-corrected chi connectivity index (χ0v) is 10.4. The minimum absolute atomic E-state index is 0.0474. The predicted octanol–water partition coefficient (Wildman–Crippen LogP) is 2.17. The van der Waals surface area contributed by atoms with Crippen LogP contribution in [0.1, 0.15) is 31.8 Å². The third kappa shape index (κ3) is 4.18. The molecule has 1 N–H and O–H groups in total. The average Bonchev–Trinajstić information content (AvgIpc) is 2.26. The van der Waals surface area contributed by atoms with E-state index in [4.69, 9.17) is 5.11 Å². The summed E-state index contributed by atoms with van der Waals surface area (Å²) < 4.78 is 0. The van der Waals surface area contributed by atoms with Gasteiger partial charge in [0.1, 0.15) is 10.9 Å². The molecule has 0 atom stereocenters. The van der Waals surface area contributed by atoms with Crippen molar-refractivity contribution in [2.24, 2.45) is 0 Å². The molecule has 0 amide bonds. The van der Waals surface area contributed by atoms with Crippen molar-refractivity contribution < 1.29 is 9.90 Å². The lowest BCUT2D eigenvalue weighted by Crippen LogP contribution is -2.02. The lowest BCUT2D eigenvalue weighted by Gasteiger charge is -2.05. The summed E-state index contributed by atoms with van der Waals surface area (Å²) in [6.45, 7) is 4.09. The Morgan fingerprint density at radius 3 is 2.75 bits per heavy atom. The molecule has 1 heterocycles. The molecule has 0 saturated heterocycles. The van der Waals surface area contributed by atoms with Gasteiger partial charge in [-0.1, -0.05) is 32.0 Å². The van der Waals surface area contributed by atoms with Crippen molar-refractivity contribution in [2.75, 3.05) is 5.75 Å². The molecule has 0 unspecified atom stereocenters. The molecule has 0 aromatic carbocycles. The van der Waals surface area contributed by atoms with E-state index in [2.05, 4.69) is 16.9 Å². The van der Waals surface area contributed by atoms with Crippen LogP contribution in [-0.2, 0) is 17.6 Å². The van der Waals surface area contributed by atoms with Gasteiger partial charge in [0.05, 0.1) is 5.75 Å². The minimum Gasteiger partial charge on any atom is -0.481 e. The van der Waals surface area contributed by atoms with Gasteiger partial charge in [-0.05, 0) is 12.5 Å². The van der Waals surface area contributed by atoms with Gasteiger partial charge in [0.25, 0.3) is 0 Å². The molecule has 1 aromatic rings. The molecule has 0 bridgehead atoms. The molecule has 0 saturated carbocycles. The zero-order valence-electron chi connectivity index (χ0n) is 9.56. The summed E-state index contributed by atoms with van der Waals surface area (Å²) >= 11 is 1.25. The second-order valence-electron chi connectivity index (χ2n) is 3.40. The first-order chi connectivity index (χ1) is 7.65. The number of aromatic nitrogens is 2. The van der Waals surface area contributed by atoms with Crippen LogP contribution < -0.4 is 0 Å². The number of nitrogens with zero attached hydrogens (tertiary/aromatic N) is 2. The number of hydrogen-bond donors (Lipinski definition) is 1. The van der Waals surface area contributed by atoms with E-state index in [1.807, 2.05) is 13.0 Å². The van der Waals surface area contributed by atoms with Crippen molar-refractivity contribution >= 4 is 17.7 Å². The van der Waals surface area contributed by atoms with Gasteiger partial charge in [0, 0.05) is 12.1 Å². The standard InChI is InChI=1S/C11H16N2O2S/c1-3-5-8-6-10(16-7-11(14)15)13-9(4-2)12-8/h6H,3-5,7H2,1-2H3,(H,14,15). The van der Waals surface area contributed by atoms with Crippen LogP contribution in [0.25, 0.3) is 0 Å². The van der Waals surface area contributed by atoms with Crippen LogP contribution in [-0.4, -0.2) is 26.8 Å². The number of rotatable bonds is 6. The van der Waals surface area contributed by atoms with E-state index in [1.54, 1.807) is 0 Å². The van der Waals surface area contributed by atoms with Gasteiger partial charge in [0.2, 0.25) is 0 Å². The average molecular weight is 240 g/mol. The van der Waals surface area contributed by atoms with Gasteiger partial charge in [-0.3, -0.25) is 4.79 Å². The fraction of sp³-hybridized carbons (Fsp3) is 0.545. The number of carbonyl (C=O) groups is 1. The number of carboxylic acids is 1. The van der Waals surface area contributed by atoms with Crippen molar-refractivity contribution in [3.63, 3.8) is 0 Å². The van der Waals surface area contributed by atoms with Crippen LogP contribution >= 0.6 is 11.8 Å². The molecule has 0 fully saturated rings. The van der Waals surface area contributed by atoms with Gasteiger partial charge < -0.3 is 5.11 Å². The maximum absolute atomic E-state index is 10.5. The van der Waals surface area contributed by atoms with Gasteiger partial charge in [-0.2, -0.15) is 0 Å². The molecule has 88 valence electrons. The monoisotopic (exact) mass is 240 g/mol. The van der Waals surface area contributed by atoms with E-state index in [9.17, 15) is 4.79 Å². The molecule has 0 aliphatic rings. The summed E-state index contributed by atoms with van der Waals surface area (Å²) in [4.78, 5) is 19.2. The molecule has 0 radical (unpaired) electrons. The molecule has 1 rings (SSSR count). The largest absolute Gasteiger partial charge is 0.481 e. The lowest BCUT2D eigenvalue weighted by molar-refractivity contribution is -0.133. The van der Waals surface area contributed by atoms with Crippen LogP contribution in [0.3, 0.4) is 0 Å². The third-order valence-electron chi connectivity index (χ3n) is 1.97. The minimum atomic E-state index is -0.821. The summed E-state index contributed by atoms with van der Waals surface area (Å²) in [5.41, 5.74) is 1.00. The quantitative estimate of drug-likeness (QED) is 0.610. The first kappa shape index (κ1) is 13.0. The van der Waals surface area contributed by atoms with E-state index >= 15 is 0 Å². The van der Waals surface area contributed by atoms with Crippen molar-refractivity contribution in [3.05, 3.63) is 17.6 Å². The molecule has 16 heavy (non-hydrogen) atoms. The summed E-state index contributed by atoms with van der Waals surface area (Å²) in [6, 6.07) is 1.89. The van der Waals surface area contributed by atoms with Crippen LogP contribution in [0.4, 0.5) is 0 Å². The number of carboxylic acid groups (broad SMARTS) is 1. The van der Waals surface area contributed by atoms with Crippen LogP contribution in [0, 0.1) is 0 Å².